The zero-order chi connectivity index (χ0) is 36.0. The molecular weight excluding hydrogens is 658 g/mol. The summed E-state index contributed by atoms with van der Waals surface area (Å²) in [5.41, 5.74) is 1.55. The van der Waals surface area contributed by atoms with Crippen molar-refractivity contribution in [2.75, 3.05) is 18.5 Å². The second-order valence-corrected chi connectivity index (χ2v) is 13.1. The summed E-state index contributed by atoms with van der Waals surface area (Å²) in [5.74, 6) is -2.20. The number of nitrogens with one attached hydrogen (secondary N) is 1. The van der Waals surface area contributed by atoms with Gasteiger partial charge in [0.2, 0.25) is 12.0 Å². The quantitative estimate of drug-likeness (QED) is 0.0521. The number of carbonyl (C=O) groups excluding carboxylic acids is 4. The predicted octanol–water partition coefficient (Wildman–Crippen LogP) is 7.70. The van der Waals surface area contributed by atoms with E-state index in [9.17, 15) is 19.2 Å². The second-order valence-electron chi connectivity index (χ2n) is 12.6. The summed E-state index contributed by atoms with van der Waals surface area (Å²) in [6, 6.07) is 12.7. The minimum atomic E-state index is -1.89. The van der Waals surface area contributed by atoms with Gasteiger partial charge in [-0.15, -0.1) is 0 Å². The van der Waals surface area contributed by atoms with Crippen LogP contribution in [-0.4, -0.2) is 68.7 Å². The predicted molar refractivity (Wildman–Crippen MR) is 193 cm³/mol. The summed E-state index contributed by atoms with van der Waals surface area (Å²) >= 11 is 6.33. The van der Waals surface area contributed by atoms with E-state index in [2.05, 4.69) is 17.3 Å². The minimum Gasteiger partial charge on any atom is -0.491 e. The number of ether oxygens (including phenoxy) is 2. The van der Waals surface area contributed by atoms with Crippen LogP contribution >= 0.6 is 11.6 Å². The number of imide groups is 1. The third kappa shape index (κ3) is 10.2. The van der Waals surface area contributed by atoms with Crippen LogP contribution in [0.2, 0.25) is 5.02 Å². The number of hydrogen-bond acceptors (Lipinski definition) is 7. The molecule has 270 valence electrons. The van der Waals surface area contributed by atoms with Crippen LogP contribution in [0.1, 0.15) is 99.8 Å². The molecule has 1 aliphatic heterocycles. The summed E-state index contributed by atoms with van der Waals surface area (Å²) in [6.07, 6.45) is 10.5. The van der Waals surface area contributed by atoms with Crippen molar-refractivity contribution in [3.63, 3.8) is 0 Å². The largest absolute Gasteiger partial charge is 0.491 e. The minimum absolute atomic E-state index is 0.0308. The first-order valence-electron chi connectivity index (χ1n) is 17.7. The smallest absolute Gasteiger partial charge is 0.330 e. The molecule has 0 bridgehead atoms. The SMILES string of the molecule is CCCCCCCCCCCCOc1ccc(Cl)cc1NC(=O)C(C(=O)c1cc(C)n(C)n1)N1C(=O)C(OCC)N(Cc2ccccc2)C1=O. The molecule has 50 heavy (non-hydrogen) atoms. The molecule has 4 amide bonds. The van der Waals surface area contributed by atoms with Gasteiger partial charge in [-0.1, -0.05) is 107 Å². The standard InChI is InChI=1S/C38H50ClN5O6/c1-5-7-8-9-10-11-12-13-14-18-23-50-32-22-21-29(39)25-30(32)40-35(46)33(34(45)31-24-27(3)42(4)41-31)44-36(47)37(49-6-2)43(38(44)48)26-28-19-16-15-17-20-28/h15-17,19-22,24-25,33,37H,5-14,18,23,26H2,1-4H3,(H,40,46). The Bertz CT molecular complexity index is 1580. The third-order valence-corrected chi connectivity index (χ3v) is 9.01. The fourth-order valence-corrected chi connectivity index (χ4v) is 6.12. The van der Waals surface area contributed by atoms with Crippen molar-refractivity contribution < 1.29 is 28.7 Å². The number of nitrogens with zero attached hydrogens (tertiary/aromatic N) is 4. The van der Waals surface area contributed by atoms with Crippen LogP contribution in [0.5, 0.6) is 5.75 Å². The molecule has 0 aliphatic carbocycles. The Balaban J connectivity index is 1.52. The Kier molecular flexibility index (Phi) is 14.9. The molecule has 0 radical (unpaired) electrons. The molecule has 11 nitrogen and oxygen atoms in total. The molecule has 1 saturated heterocycles. The molecule has 0 saturated carbocycles. The number of anilines is 1. The van der Waals surface area contributed by atoms with E-state index in [0.717, 1.165) is 24.8 Å². The molecule has 0 spiro atoms. The van der Waals surface area contributed by atoms with E-state index >= 15 is 0 Å². The Morgan fingerprint density at radius 1 is 0.920 bits per heavy atom. The van der Waals surface area contributed by atoms with Crippen molar-refractivity contribution in [3.8, 4) is 5.75 Å². The fourth-order valence-electron chi connectivity index (χ4n) is 5.95. The Morgan fingerprint density at radius 2 is 1.58 bits per heavy atom. The number of aryl methyl sites for hydroxylation is 2. The van der Waals surface area contributed by atoms with E-state index in [1.807, 2.05) is 30.3 Å². The lowest BCUT2D eigenvalue weighted by Crippen LogP contribution is -2.52. The van der Waals surface area contributed by atoms with Crippen molar-refractivity contribution in [2.45, 2.75) is 104 Å². The first kappa shape index (κ1) is 38.6. The molecule has 4 rings (SSSR count). The van der Waals surface area contributed by atoms with Crippen molar-refractivity contribution >= 4 is 40.9 Å². The number of carbonyl (C=O) groups is 4. The highest BCUT2D eigenvalue weighted by molar-refractivity contribution is 6.31. The van der Waals surface area contributed by atoms with Crippen molar-refractivity contribution in [2.24, 2.45) is 7.05 Å². The van der Waals surface area contributed by atoms with Gasteiger partial charge in [-0.2, -0.15) is 5.10 Å². The number of amides is 4. The number of rotatable bonds is 21. The summed E-state index contributed by atoms with van der Waals surface area (Å²) < 4.78 is 13.3. The maximum absolute atomic E-state index is 14.2. The molecule has 1 fully saturated rings. The van der Waals surface area contributed by atoms with Gasteiger partial charge >= 0.3 is 6.03 Å². The zero-order valence-corrected chi connectivity index (χ0v) is 30.4. The highest BCUT2D eigenvalue weighted by atomic mass is 35.5. The fraction of sp³-hybridized carbons (Fsp3) is 0.500. The first-order valence-corrected chi connectivity index (χ1v) is 18.1. The number of unbranched alkanes of at least 4 members (excludes halogenated alkanes) is 9. The van der Waals surface area contributed by atoms with Crippen molar-refractivity contribution in [1.82, 2.24) is 19.6 Å². The summed E-state index contributed by atoms with van der Waals surface area (Å²) in [6.45, 7) is 6.25. The van der Waals surface area contributed by atoms with Gasteiger partial charge in [0.05, 0.1) is 18.8 Å². The average Bonchev–Trinajstić information content (AvgIpc) is 3.55. The highest BCUT2D eigenvalue weighted by Gasteiger charge is 2.53. The number of urea groups is 1. The van der Waals surface area contributed by atoms with Gasteiger partial charge < -0.3 is 14.8 Å². The highest BCUT2D eigenvalue weighted by Crippen LogP contribution is 2.31. The molecule has 1 N–H and O–H groups in total. The topological polar surface area (TPSA) is 123 Å². The van der Waals surface area contributed by atoms with E-state index in [1.54, 1.807) is 33.0 Å². The molecule has 3 aromatic rings. The number of Topliss-reactive ketones (excluding diaryl/α,β-unsaturated/α-hetero) is 1. The van der Waals surface area contributed by atoms with E-state index in [-0.39, 0.29) is 24.5 Å². The van der Waals surface area contributed by atoms with Gasteiger partial charge in [-0.25, -0.2) is 9.69 Å². The van der Waals surface area contributed by atoms with Gasteiger partial charge in [0.1, 0.15) is 11.4 Å². The normalized spacial score (nSPS) is 15.1. The van der Waals surface area contributed by atoms with Crippen LogP contribution in [-0.2, 0) is 27.9 Å². The number of aromatic nitrogens is 2. The summed E-state index contributed by atoms with van der Waals surface area (Å²) in [7, 11) is 1.66. The maximum atomic E-state index is 14.2. The monoisotopic (exact) mass is 707 g/mol. The van der Waals surface area contributed by atoms with Crippen LogP contribution in [0.3, 0.4) is 0 Å². The van der Waals surface area contributed by atoms with Gasteiger partial charge in [-0.05, 0) is 50.1 Å². The molecule has 1 aliphatic rings. The van der Waals surface area contributed by atoms with Crippen LogP contribution in [0, 0.1) is 6.92 Å². The van der Waals surface area contributed by atoms with Crippen molar-refractivity contribution in [3.05, 3.63) is 76.6 Å². The lowest BCUT2D eigenvalue weighted by molar-refractivity contribution is -0.144. The lowest BCUT2D eigenvalue weighted by Gasteiger charge is -2.24. The third-order valence-electron chi connectivity index (χ3n) is 8.78. The van der Waals surface area contributed by atoms with Crippen LogP contribution in [0.4, 0.5) is 10.5 Å². The Hall–Kier alpha value is -4.22. The lowest BCUT2D eigenvalue weighted by atomic mass is 10.1. The summed E-state index contributed by atoms with van der Waals surface area (Å²) in [4.78, 5) is 58.1. The van der Waals surface area contributed by atoms with Crippen LogP contribution in [0.25, 0.3) is 0 Å². The molecule has 12 heteroatoms. The molecular formula is C38H50ClN5O6. The molecule has 2 atom stereocenters. The summed E-state index contributed by atoms with van der Waals surface area (Å²) in [5, 5.41) is 7.32. The second kappa shape index (κ2) is 19.2. The molecule has 1 aromatic heterocycles. The van der Waals surface area contributed by atoms with Gasteiger partial charge in [0.15, 0.2) is 6.04 Å². The van der Waals surface area contributed by atoms with Gasteiger partial charge in [-0.3, -0.25) is 24.0 Å². The van der Waals surface area contributed by atoms with E-state index in [0.29, 0.717) is 28.0 Å². The Labute approximate surface area is 300 Å². The van der Waals surface area contributed by atoms with Crippen molar-refractivity contribution in [1.29, 1.82) is 0 Å². The molecule has 2 aromatic carbocycles. The van der Waals surface area contributed by atoms with E-state index < -0.39 is 35.9 Å². The zero-order valence-electron chi connectivity index (χ0n) is 29.7. The number of halogens is 1. The van der Waals surface area contributed by atoms with E-state index in [1.165, 1.54) is 66.7 Å². The van der Waals surface area contributed by atoms with Crippen LogP contribution in [0.15, 0.2) is 54.6 Å². The Morgan fingerprint density at radius 3 is 2.20 bits per heavy atom. The first-order chi connectivity index (χ1) is 24.2. The van der Waals surface area contributed by atoms with Gasteiger partial charge in [0.25, 0.3) is 11.8 Å². The number of benzene rings is 2. The van der Waals surface area contributed by atoms with E-state index in [4.69, 9.17) is 21.1 Å². The number of hydrogen-bond donors (Lipinski definition) is 1. The average molecular weight is 708 g/mol. The van der Waals surface area contributed by atoms with Crippen LogP contribution < -0.4 is 10.1 Å². The maximum Gasteiger partial charge on any atom is 0.330 e. The number of ketones is 1. The molecule has 2 heterocycles. The van der Waals surface area contributed by atoms with Gasteiger partial charge in [0, 0.05) is 24.4 Å². The molecule has 2 unspecified atom stereocenters.